The Hall–Kier alpha value is -1.03. The zero-order chi connectivity index (χ0) is 11.9. The SMILES string of the molecule is CC(C)(C)OC(=O)N1CC2C=CC(O)C2C1. The second kappa shape index (κ2) is 3.77. The molecule has 4 nitrogen and oxygen atoms in total. The van der Waals surface area contributed by atoms with E-state index >= 15 is 0 Å². The predicted molar refractivity (Wildman–Crippen MR) is 59.9 cm³/mol. The van der Waals surface area contributed by atoms with Crippen LogP contribution in [0.15, 0.2) is 12.2 Å². The highest BCUT2D eigenvalue weighted by atomic mass is 16.6. The van der Waals surface area contributed by atoms with Crippen LogP contribution in [0.1, 0.15) is 20.8 Å². The first-order valence-corrected chi connectivity index (χ1v) is 5.71. The molecule has 2 rings (SSSR count). The molecule has 0 spiro atoms. The number of ether oxygens (including phenoxy) is 1. The number of rotatable bonds is 0. The van der Waals surface area contributed by atoms with Crippen LogP contribution >= 0.6 is 0 Å². The average Bonchev–Trinajstić information content (AvgIpc) is 2.65. The second-order valence-corrected chi connectivity index (χ2v) is 5.59. The Morgan fingerprint density at radius 2 is 2.06 bits per heavy atom. The van der Waals surface area contributed by atoms with E-state index in [1.807, 2.05) is 32.9 Å². The Kier molecular flexibility index (Phi) is 2.70. The van der Waals surface area contributed by atoms with Crippen LogP contribution in [0, 0.1) is 11.8 Å². The fourth-order valence-electron chi connectivity index (χ4n) is 2.29. The molecule has 1 aliphatic carbocycles. The van der Waals surface area contributed by atoms with Crippen molar-refractivity contribution >= 4 is 6.09 Å². The molecule has 0 aromatic heterocycles. The maximum Gasteiger partial charge on any atom is 0.410 e. The summed E-state index contributed by atoms with van der Waals surface area (Å²) in [6.07, 6.45) is 3.14. The molecule has 3 atom stereocenters. The molecular weight excluding hydrogens is 206 g/mol. The largest absolute Gasteiger partial charge is 0.444 e. The van der Waals surface area contributed by atoms with Gasteiger partial charge in [0.05, 0.1) is 6.10 Å². The van der Waals surface area contributed by atoms with Crippen LogP contribution in [0.5, 0.6) is 0 Å². The van der Waals surface area contributed by atoms with Crippen LogP contribution in [0.3, 0.4) is 0 Å². The van der Waals surface area contributed by atoms with Crippen molar-refractivity contribution in [2.24, 2.45) is 11.8 Å². The molecule has 90 valence electrons. The van der Waals surface area contributed by atoms with Gasteiger partial charge in [-0.1, -0.05) is 12.2 Å². The summed E-state index contributed by atoms with van der Waals surface area (Å²) in [5, 5.41) is 9.67. The molecule has 1 N–H and O–H groups in total. The first kappa shape index (κ1) is 11.5. The van der Waals surface area contributed by atoms with Gasteiger partial charge in [-0.2, -0.15) is 0 Å². The molecule has 4 heteroatoms. The van der Waals surface area contributed by atoms with E-state index in [1.54, 1.807) is 4.90 Å². The smallest absolute Gasteiger partial charge is 0.410 e. The molecular formula is C12H19NO3. The Balaban J connectivity index is 1.94. The highest BCUT2D eigenvalue weighted by Gasteiger charge is 2.41. The summed E-state index contributed by atoms with van der Waals surface area (Å²) >= 11 is 0. The summed E-state index contributed by atoms with van der Waals surface area (Å²) in [6, 6.07) is 0. The first-order chi connectivity index (χ1) is 7.37. The third-order valence-corrected chi connectivity index (χ3v) is 3.06. The van der Waals surface area contributed by atoms with Crippen LogP contribution in [-0.4, -0.2) is 40.9 Å². The quantitative estimate of drug-likeness (QED) is 0.634. The minimum absolute atomic E-state index is 0.160. The number of carbonyl (C=O) groups excluding carboxylic acids is 1. The topological polar surface area (TPSA) is 49.8 Å². The van der Waals surface area contributed by atoms with E-state index in [0.29, 0.717) is 19.0 Å². The molecule has 0 aromatic rings. The fourth-order valence-corrected chi connectivity index (χ4v) is 2.29. The molecule has 1 amide bonds. The van der Waals surface area contributed by atoms with Gasteiger partial charge in [0, 0.05) is 24.9 Å². The van der Waals surface area contributed by atoms with Gasteiger partial charge in [0.15, 0.2) is 0 Å². The van der Waals surface area contributed by atoms with Gasteiger partial charge in [0.2, 0.25) is 0 Å². The van der Waals surface area contributed by atoms with Crippen molar-refractivity contribution in [2.45, 2.75) is 32.5 Å². The summed E-state index contributed by atoms with van der Waals surface area (Å²) in [5.74, 6) is 0.454. The van der Waals surface area contributed by atoms with Crippen molar-refractivity contribution in [3.63, 3.8) is 0 Å². The molecule has 1 fully saturated rings. The van der Waals surface area contributed by atoms with Crippen molar-refractivity contribution in [2.75, 3.05) is 13.1 Å². The van der Waals surface area contributed by atoms with Gasteiger partial charge >= 0.3 is 6.09 Å². The Morgan fingerprint density at radius 1 is 1.38 bits per heavy atom. The number of amides is 1. The third-order valence-electron chi connectivity index (χ3n) is 3.06. The van der Waals surface area contributed by atoms with Gasteiger partial charge in [-0.15, -0.1) is 0 Å². The lowest BCUT2D eigenvalue weighted by Crippen LogP contribution is -2.36. The van der Waals surface area contributed by atoms with Gasteiger partial charge in [-0.05, 0) is 20.8 Å². The number of hydrogen-bond donors (Lipinski definition) is 1. The minimum atomic E-state index is -0.455. The molecule has 1 saturated heterocycles. The Bertz CT molecular complexity index is 319. The van der Waals surface area contributed by atoms with E-state index in [4.69, 9.17) is 4.74 Å². The number of aliphatic hydroxyl groups is 1. The number of nitrogens with zero attached hydrogens (tertiary/aromatic N) is 1. The third kappa shape index (κ3) is 2.21. The van der Waals surface area contributed by atoms with Crippen LogP contribution < -0.4 is 0 Å². The molecule has 1 aliphatic heterocycles. The Labute approximate surface area is 95.9 Å². The second-order valence-electron chi connectivity index (χ2n) is 5.59. The molecule has 3 unspecified atom stereocenters. The number of carbonyl (C=O) groups is 1. The lowest BCUT2D eigenvalue weighted by Gasteiger charge is -2.24. The van der Waals surface area contributed by atoms with Crippen LogP contribution in [0.25, 0.3) is 0 Å². The van der Waals surface area contributed by atoms with Crippen LogP contribution in [0.4, 0.5) is 4.79 Å². The highest BCUT2D eigenvalue weighted by molar-refractivity contribution is 5.68. The van der Waals surface area contributed by atoms with E-state index in [0.717, 1.165) is 0 Å². The van der Waals surface area contributed by atoms with E-state index in [2.05, 4.69) is 0 Å². The predicted octanol–water partition coefficient (Wildman–Crippen LogP) is 1.40. The van der Waals surface area contributed by atoms with Crippen molar-refractivity contribution in [1.82, 2.24) is 4.90 Å². The molecule has 0 saturated carbocycles. The summed E-state index contributed by atoms with van der Waals surface area (Å²) in [6.45, 7) is 6.82. The van der Waals surface area contributed by atoms with E-state index in [-0.39, 0.29) is 12.0 Å². The molecule has 0 bridgehead atoms. The number of likely N-dealkylation sites (tertiary alicyclic amines) is 1. The average molecular weight is 225 g/mol. The van der Waals surface area contributed by atoms with Gasteiger partial charge in [0.1, 0.15) is 5.60 Å². The number of fused-ring (bicyclic) bond motifs is 1. The maximum atomic E-state index is 11.8. The van der Waals surface area contributed by atoms with Gasteiger partial charge in [0.25, 0.3) is 0 Å². The summed E-state index contributed by atoms with van der Waals surface area (Å²) in [4.78, 5) is 13.5. The van der Waals surface area contributed by atoms with Crippen molar-refractivity contribution < 1.29 is 14.6 Å². The monoisotopic (exact) mass is 225 g/mol. The summed E-state index contributed by atoms with van der Waals surface area (Å²) < 4.78 is 5.30. The summed E-state index contributed by atoms with van der Waals surface area (Å²) in [5.41, 5.74) is -0.455. The Morgan fingerprint density at radius 3 is 2.62 bits per heavy atom. The van der Waals surface area contributed by atoms with Crippen molar-refractivity contribution in [1.29, 1.82) is 0 Å². The van der Waals surface area contributed by atoms with Crippen molar-refractivity contribution in [3.05, 3.63) is 12.2 Å². The van der Waals surface area contributed by atoms with E-state index < -0.39 is 11.7 Å². The molecule has 2 aliphatic rings. The maximum absolute atomic E-state index is 11.8. The number of hydrogen-bond acceptors (Lipinski definition) is 3. The highest BCUT2D eigenvalue weighted by Crippen LogP contribution is 2.33. The van der Waals surface area contributed by atoms with Crippen molar-refractivity contribution in [3.8, 4) is 0 Å². The summed E-state index contributed by atoms with van der Waals surface area (Å²) in [7, 11) is 0. The van der Waals surface area contributed by atoms with Crippen LogP contribution in [0.2, 0.25) is 0 Å². The zero-order valence-electron chi connectivity index (χ0n) is 10.0. The zero-order valence-corrected chi connectivity index (χ0v) is 10.0. The van der Waals surface area contributed by atoms with Crippen LogP contribution in [-0.2, 0) is 4.74 Å². The standard InChI is InChI=1S/C12H19NO3/c1-12(2,3)16-11(15)13-6-8-4-5-10(14)9(8)7-13/h4-5,8-10,14H,6-7H2,1-3H3. The first-order valence-electron chi connectivity index (χ1n) is 5.71. The molecule has 0 radical (unpaired) electrons. The molecule has 16 heavy (non-hydrogen) atoms. The lowest BCUT2D eigenvalue weighted by atomic mass is 9.98. The van der Waals surface area contributed by atoms with Gasteiger partial charge in [-0.25, -0.2) is 4.79 Å². The minimum Gasteiger partial charge on any atom is -0.444 e. The number of aliphatic hydroxyl groups excluding tert-OH is 1. The van der Waals surface area contributed by atoms with Gasteiger partial charge in [-0.3, -0.25) is 0 Å². The normalized spacial score (nSPS) is 33.0. The molecule has 1 heterocycles. The van der Waals surface area contributed by atoms with E-state index in [9.17, 15) is 9.90 Å². The molecule has 0 aromatic carbocycles. The van der Waals surface area contributed by atoms with Gasteiger partial charge < -0.3 is 14.7 Å². The lowest BCUT2D eigenvalue weighted by molar-refractivity contribution is 0.0275. The van der Waals surface area contributed by atoms with E-state index in [1.165, 1.54) is 0 Å². The fraction of sp³-hybridized carbons (Fsp3) is 0.750.